The normalized spacial score (nSPS) is 21.7. The Morgan fingerprint density at radius 2 is 1.00 bits per heavy atom. The number of fused-ring (bicyclic) bond motifs is 6. The van der Waals surface area contributed by atoms with Gasteiger partial charge >= 0.3 is 315 Å². The zero-order valence-electron chi connectivity index (χ0n) is 32.2. The number of aryl methyl sites for hydroxylation is 1. The molecular formula is C49H54HfSi. The van der Waals surface area contributed by atoms with E-state index in [4.69, 9.17) is 0 Å². The minimum absolute atomic E-state index is 0.118. The van der Waals surface area contributed by atoms with E-state index >= 15 is 0 Å². The van der Waals surface area contributed by atoms with E-state index in [1.54, 1.807) is 11.1 Å². The van der Waals surface area contributed by atoms with Crippen LogP contribution < -0.4 is 0 Å². The first-order valence-corrected chi connectivity index (χ1v) is 33.2. The van der Waals surface area contributed by atoms with Crippen LogP contribution in [0.15, 0.2) is 126 Å². The van der Waals surface area contributed by atoms with E-state index in [-0.39, 0.29) is 10.8 Å². The Labute approximate surface area is 313 Å². The quantitative estimate of drug-likeness (QED) is 0.155. The average Bonchev–Trinajstić information content (AvgIpc) is 3.72. The first-order chi connectivity index (χ1) is 24.2. The van der Waals surface area contributed by atoms with E-state index < -0.39 is 28.0 Å². The van der Waals surface area contributed by atoms with Gasteiger partial charge in [-0.25, -0.2) is 0 Å². The summed E-state index contributed by atoms with van der Waals surface area (Å²) in [5.74, 6) is 0. The Bertz CT molecular complexity index is 2090. The fourth-order valence-electron chi connectivity index (χ4n) is 9.83. The SMILES string of the molecule is CC(C)(C)c1cccc(-c2cccc3c2C=C2[CH]3[Hf]([CH3])([CH3])[CH]3C(=Cc4c(-c5cccc(C(C)(C)C)c5)cccc43)[Si]2(C)CCc2ccccc2)c1. The van der Waals surface area contributed by atoms with Gasteiger partial charge < -0.3 is 0 Å². The van der Waals surface area contributed by atoms with Gasteiger partial charge in [0.05, 0.1) is 0 Å². The van der Waals surface area contributed by atoms with Crippen molar-refractivity contribution in [3.63, 3.8) is 0 Å². The third-order valence-electron chi connectivity index (χ3n) is 12.7. The predicted octanol–water partition coefficient (Wildman–Crippen LogP) is 13.9. The molecular weight excluding hydrogens is 795 g/mol. The molecule has 0 amide bonds. The molecule has 1 fully saturated rings. The molecule has 1 aliphatic heterocycles. The van der Waals surface area contributed by atoms with Crippen molar-refractivity contribution >= 4 is 20.2 Å². The zero-order valence-corrected chi connectivity index (χ0v) is 36.8. The van der Waals surface area contributed by atoms with Gasteiger partial charge in [-0.2, -0.15) is 0 Å². The molecule has 0 spiro atoms. The van der Waals surface area contributed by atoms with Crippen LogP contribution in [0.2, 0.25) is 22.0 Å². The van der Waals surface area contributed by atoms with E-state index in [2.05, 4.69) is 185 Å². The molecule has 8 rings (SSSR count). The Balaban J connectivity index is 1.32. The van der Waals surface area contributed by atoms with Crippen molar-refractivity contribution in [2.24, 2.45) is 0 Å². The minimum atomic E-state index is -3.18. The van der Waals surface area contributed by atoms with Crippen molar-refractivity contribution in [2.75, 3.05) is 0 Å². The fourth-order valence-corrected chi connectivity index (χ4v) is 42.1. The summed E-state index contributed by atoms with van der Waals surface area (Å²) < 4.78 is 6.84. The number of hydrogen-bond acceptors (Lipinski definition) is 0. The molecule has 258 valence electrons. The summed E-state index contributed by atoms with van der Waals surface area (Å²) in [6.45, 7) is 16.7. The molecule has 0 aromatic heterocycles. The standard InChI is InChI=1S/C47H48Si.2CH3.Hf/c1-46(2,3)38-21-11-17-34(27-38)42-23-13-19-36-29-40(31-44(36)42)48(7,26-25-33-15-9-8-10-16-33)41-30-37-20-14-24-43(45(37)32-41)35-18-12-22-39(28-35)47(4,5)6;;;/h8-24,27-32H,25-26H2,1-7H3;2*1H3;. The third-order valence-corrected chi connectivity index (χ3v) is 34.6. The molecule has 0 N–H and O–H groups in total. The number of allylic oxidation sites excluding steroid dienone is 2. The molecule has 1 saturated heterocycles. The summed E-state index contributed by atoms with van der Waals surface area (Å²) >= 11 is -3.18. The summed E-state index contributed by atoms with van der Waals surface area (Å²) in [7, 11) is -2.12. The monoisotopic (exact) mass is 850 g/mol. The number of hydrogen-bond donors (Lipinski definition) is 0. The second-order valence-electron chi connectivity index (χ2n) is 18.5. The molecule has 5 aromatic carbocycles. The van der Waals surface area contributed by atoms with Crippen LogP contribution >= 0.6 is 0 Å². The van der Waals surface area contributed by atoms with Crippen LogP contribution in [0.1, 0.15) is 87.8 Å². The van der Waals surface area contributed by atoms with Crippen molar-refractivity contribution in [3.05, 3.63) is 165 Å². The summed E-state index contributed by atoms with van der Waals surface area (Å²) in [6.07, 6.45) is 6.65. The molecule has 2 aliphatic carbocycles. The average molecular weight is 850 g/mol. The molecule has 0 saturated carbocycles. The fraction of sp³-hybridized carbons (Fsp3) is 0.306. The van der Waals surface area contributed by atoms with E-state index in [0.29, 0.717) is 7.35 Å². The molecule has 5 aromatic rings. The van der Waals surface area contributed by atoms with E-state index in [1.807, 2.05) is 10.4 Å². The van der Waals surface area contributed by atoms with E-state index in [0.717, 1.165) is 6.42 Å². The summed E-state index contributed by atoms with van der Waals surface area (Å²) in [5.41, 5.74) is 16.4. The van der Waals surface area contributed by atoms with Gasteiger partial charge in [-0.05, 0) is 0 Å². The van der Waals surface area contributed by atoms with Crippen molar-refractivity contribution in [2.45, 2.75) is 88.1 Å². The molecule has 0 nitrogen and oxygen atoms in total. The van der Waals surface area contributed by atoms with Crippen LogP contribution in [-0.4, -0.2) is 8.07 Å². The number of benzene rings is 5. The van der Waals surface area contributed by atoms with Gasteiger partial charge in [-0.1, -0.05) is 0 Å². The van der Waals surface area contributed by atoms with Crippen LogP contribution in [0.4, 0.5) is 0 Å². The molecule has 51 heavy (non-hydrogen) atoms. The molecule has 3 aliphatic rings. The van der Waals surface area contributed by atoms with Gasteiger partial charge in [0.25, 0.3) is 0 Å². The van der Waals surface area contributed by atoms with Crippen molar-refractivity contribution in [1.29, 1.82) is 0 Å². The maximum absolute atomic E-state index is 3.18. The molecule has 0 radical (unpaired) electrons. The third kappa shape index (κ3) is 5.80. The van der Waals surface area contributed by atoms with Crippen LogP contribution in [0.5, 0.6) is 0 Å². The summed E-state index contributed by atoms with van der Waals surface area (Å²) in [6, 6.07) is 45.9. The van der Waals surface area contributed by atoms with Crippen molar-refractivity contribution < 1.29 is 20.0 Å². The van der Waals surface area contributed by atoms with E-state index in [1.165, 1.54) is 56.1 Å². The second-order valence-corrected chi connectivity index (χ2v) is 40.0. The Morgan fingerprint density at radius 1 is 0.549 bits per heavy atom. The van der Waals surface area contributed by atoms with Gasteiger partial charge in [0.15, 0.2) is 0 Å². The van der Waals surface area contributed by atoms with Gasteiger partial charge in [0, 0.05) is 0 Å². The molecule has 2 atom stereocenters. The molecule has 1 heterocycles. The van der Waals surface area contributed by atoms with Crippen molar-refractivity contribution in [1.82, 2.24) is 0 Å². The molecule has 0 bridgehead atoms. The van der Waals surface area contributed by atoms with Gasteiger partial charge in [-0.3, -0.25) is 0 Å². The first-order valence-electron chi connectivity index (χ1n) is 19.1. The van der Waals surface area contributed by atoms with E-state index in [9.17, 15) is 0 Å². The van der Waals surface area contributed by atoms with Gasteiger partial charge in [0.1, 0.15) is 0 Å². The Kier molecular flexibility index (Phi) is 8.43. The van der Waals surface area contributed by atoms with Crippen LogP contribution in [0.25, 0.3) is 34.4 Å². The first kappa shape index (κ1) is 34.7. The van der Waals surface area contributed by atoms with Crippen LogP contribution in [0, 0.1) is 0 Å². The van der Waals surface area contributed by atoms with Gasteiger partial charge in [0.2, 0.25) is 0 Å². The van der Waals surface area contributed by atoms with Gasteiger partial charge in [-0.15, -0.1) is 0 Å². The van der Waals surface area contributed by atoms with Crippen LogP contribution in [-0.2, 0) is 37.2 Å². The Morgan fingerprint density at radius 3 is 1.45 bits per heavy atom. The summed E-state index contributed by atoms with van der Waals surface area (Å²) in [4.78, 5) is 0. The molecule has 2 unspecified atom stereocenters. The van der Waals surface area contributed by atoms with Crippen molar-refractivity contribution in [3.8, 4) is 22.3 Å². The predicted molar refractivity (Wildman–Crippen MR) is 221 cm³/mol. The second kappa shape index (κ2) is 12.4. The molecule has 2 heteroatoms. The number of rotatable bonds is 5. The Hall–Kier alpha value is -3.33. The topological polar surface area (TPSA) is 0 Å². The van der Waals surface area contributed by atoms with Crippen LogP contribution in [0.3, 0.4) is 0 Å². The zero-order chi connectivity index (χ0) is 35.9. The maximum atomic E-state index is 2.80. The summed E-state index contributed by atoms with van der Waals surface area (Å²) in [5, 5.41) is 3.68.